The Balaban J connectivity index is 0.00000729. The van der Waals surface area contributed by atoms with E-state index in [4.69, 9.17) is 4.74 Å². The van der Waals surface area contributed by atoms with Crippen molar-refractivity contribution in [2.45, 2.75) is 53.5 Å². The lowest BCUT2D eigenvalue weighted by Gasteiger charge is -2.17. The fraction of sp³-hybridized carbons (Fsp3) is 0.650. The van der Waals surface area contributed by atoms with Gasteiger partial charge in [0.25, 0.3) is 0 Å². The number of guanidine groups is 1. The van der Waals surface area contributed by atoms with Crippen LogP contribution in [0.5, 0.6) is 5.75 Å². The summed E-state index contributed by atoms with van der Waals surface area (Å²) in [6.07, 6.45) is 2.62. The number of nitrogens with one attached hydrogen (secondary N) is 2. The van der Waals surface area contributed by atoms with Crippen LogP contribution in [-0.2, 0) is 9.84 Å². The summed E-state index contributed by atoms with van der Waals surface area (Å²) in [5.74, 6) is 1.82. The van der Waals surface area contributed by atoms with E-state index in [2.05, 4.69) is 48.5 Å². The summed E-state index contributed by atoms with van der Waals surface area (Å²) in [5.41, 5.74) is 3.62. The highest BCUT2D eigenvalue weighted by Crippen LogP contribution is 2.23. The zero-order valence-electron chi connectivity index (χ0n) is 18.0. The van der Waals surface area contributed by atoms with Crippen molar-refractivity contribution in [2.75, 3.05) is 31.7 Å². The van der Waals surface area contributed by atoms with Gasteiger partial charge in [-0.05, 0) is 63.8 Å². The monoisotopic (exact) mass is 525 g/mol. The number of hydrogen-bond donors (Lipinski definition) is 2. The van der Waals surface area contributed by atoms with E-state index in [9.17, 15) is 8.42 Å². The van der Waals surface area contributed by atoms with Crippen molar-refractivity contribution in [3.05, 3.63) is 28.8 Å². The minimum atomic E-state index is -2.94. The number of sulfone groups is 1. The number of aryl methyl sites for hydroxylation is 2. The van der Waals surface area contributed by atoms with Gasteiger partial charge in [0.15, 0.2) is 5.96 Å². The first-order valence-corrected chi connectivity index (χ1v) is 11.6. The van der Waals surface area contributed by atoms with Gasteiger partial charge in [-0.15, -0.1) is 24.0 Å². The molecule has 1 atom stereocenters. The highest BCUT2D eigenvalue weighted by Gasteiger charge is 2.09. The van der Waals surface area contributed by atoms with Crippen LogP contribution in [0.25, 0.3) is 0 Å². The second kappa shape index (κ2) is 13.2. The molecule has 0 bridgehead atoms. The van der Waals surface area contributed by atoms with Crippen molar-refractivity contribution in [2.24, 2.45) is 4.99 Å². The van der Waals surface area contributed by atoms with Crippen LogP contribution < -0.4 is 15.4 Å². The van der Waals surface area contributed by atoms with Crippen molar-refractivity contribution in [3.63, 3.8) is 0 Å². The largest absolute Gasteiger partial charge is 0.493 e. The van der Waals surface area contributed by atoms with E-state index < -0.39 is 9.84 Å². The molecule has 2 N–H and O–H groups in total. The average Bonchev–Trinajstić information content (AvgIpc) is 2.56. The molecule has 0 amide bonds. The molecule has 0 fully saturated rings. The molecule has 8 heteroatoms. The molecule has 1 unspecified atom stereocenters. The third-order valence-electron chi connectivity index (χ3n) is 4.24. The first-order valence-electron chi connectivity index (χ1n) is 9.55. The maximum absolute atomic E-state index is 11.3. The van der Waals surface area contributed by atoms with E-state index in [-0.39, 0.29) is 35.8 Å². The zero-order chi connectivity index (χ0) is 20.4. The standard InChI is InChI=1S/C20H35N3O3S.HI/c1-7-21-20(23-17(4)9-12-27(6,24)25)22-10-8-11-26-19-14-15(2)13-16(3)18(19)5;/h13-14,17H,7-12H2,1-6H3,(H2,21,22,23);1H. The SMILES string of the molecule is CCNC(=NCCCOc1cc(C)cc(C)c1C)NC(C)CCS(C)(=O)=O.I. The van der Waals surface area contributed by atoms with Gasteiger partial charge < -0.3 is 15.4 Å². The van der Waals surface area contributed by atoms with Gasteiger partial charge in [-0.2, -0.15) is 0 Å². The predicted molar refractivity (Wildman–Crippen MR) is 129 cm³/mol. The van der Waals surface area contributed by atoms with Crippen LogP contribution in [0, 0.1) is 20.8 Å². The van der Waals surface area contributed by atoms with Crippen LogP contribution in [0.4, 0.5) is 0 Å². The van der Waals surface area contributed by atoms with Gasteiger partial charge >= 0.3 is 0 Å². The van der Waals surface area contributed by atoms with Crippen molar-refractivity contribution in [1.29, 1.82) is 0 Å². The van der Waals surface area contributed by atoms with Crippen molar-refractivity contribution in [1.82, 2.24) is 10.6 Å². The second-order valence-electron chi connectivity index (χ2n) is 7.13. The molecule has 1 rings (SSSR count). The summed E-state index contributed by atoms with van der Waals surface area (Å²) < 4.78 is 28.5. The quantitative estimate of drug-likeness (QED) is 0.212. The molecule has 0 aliphatic rings. The fourth-order valence-corrected chi connectivity index (χ4v) is 3.39. The van der Waals surface area contributed by atoms with Crippen molar-refractivity contribution >= 4 is 39.8 Å². The summed E-state index contributed by atoms with van der Waals surface area (Å²) >= 11 is 0. The maximum atomic E-state index is 11.3. The Morgan fingerprint density at radius 2 is 1.93 bits per heavy atom. The molecule has 0 spiro atoms. The number of nitrogens with zero attached hydrogens (tertiary/aromatic N) is 1. The van der Waals surface area contributed by atoms with E-state index in [1.54, 1.807) is 0 Å². The Labute approximate surface area is 187 Å². The molecule has 0 aromatic heterocycles. The van der Waals surface area contributed by atoms with E-state index >= 15 is 0 Å². The minimum Gasteiger partial charge on any atom is -0.493 e. The summed E-state index contributed by atoms with van der Waals surface area (Å²) in [6, 6.07) is 4.26. The van der Waals surface area contributed by atoms with Gasteiger partial charge in [0.1, 0.15) is 15.6 Å². The lowest BCUT2D eigenvalue weighted by molar-refractivity contribution is 0.311. The Kier molecular flexibility index (Phi) is 12.8. The Bertz CT molecular complexity index is 736. The van der Waals surface area contributed by atoms with Gasteiger partial charge in [0.2, 0.25) is 0 Å². The van der Waals surface area contributed by atoms with Crippen LogP contribution in [0.3, 0.4) is 0 Å². The molecule has 0 aliphatic carbocycles. The van der Waals surface area contributed by atoms with E-state index in [0.29, 0.717) is 25.5 Å². The van der Waals surface area contributed by atoms with E-state index in [1.807, 2.05) is 13.8 Å². The smallest absolute Gasteiger partial charge is 0.191 e. The molecule has 162 valence electrons. The summed E-state index contributed by atoms with van der Waals surface area (Å²) in [7, 11) is -2.94. The van der Waals surface area contributed by atoms with Crippen molar-refractivity contribution < 1.29 is 13.2 Å². The van der Waals surface area contributed by atoms with E-state index in [0.717, 1.165) is 18.7 Å². The summed E-state index contributed by atoms with van der Waals surface area (Å²) in [6.45, 7) is 12.2. The molecule has 6 nitrogen and oxygen atoms in total. The molecular formula is C20H36IN3O3S. The minimum absolute atomic E-state index is 0. The molecule has 28 heavy (non-hydrogen) atoms. The van der Waals surface area contributed by atoms with Crippen LogP contribution >= 0.6 is 24.0 Å². The molecule has 0 saturated heterocycles. The van der Waals surface area contributed by atoms with Crippen LogP contribution in [0.15, 0.2) is 17.1 Å². The fourth-order valence-electron chi connectivity index (χ4n) is 2.60. The molecule has 0 heterocycles. The number of halogens is 1. The highest BCUT2D eigenvalue weighted by molar-refractivity contribution is 14.0. The molecule has 1 aromatic carbocycles. The lowest BCUT2D eigenvalue weighted by Crippen LogP contribution is -2.43. The Morgan fingerprint density at radius 3 is 2.54 bits per heavy atom. The second-order valence-corrected chi connectivity index (χ2v) is 9.39. The third-order valence-corrected chi connectivity index (χ3v) is 5.22. The number of aliphatic imine (C=N–C) groups is 1. The molecule has 0 radical (unpaired) electrons. The van der Waals surface area contributed by atoms with E-state index in [1.165, 1.54) is 22.9 Å². The van der Waals surface area contributed by atoms with Crippen molar-refractivity contribution in [3.8, 4) is 5.75 Å². The normalized spacial score (nSPS) is 12.9. The highest BCUT2D eigenvalue weighted by atomic mass is 127. The number of hydrogen-bond acceptors (Lipinski definition) is 4. The molecule has 0 saturated carbocycles. The zero-order valence-corrected chi connectivity index (χ0v) is 21.1. The van der Waals surface area contributed by atoms with Gasteiger partial charge in [0.05, 0.1) is 12.4 Å². The lowest BCUT2D eigenvalue weighted by atomic mass is 10.1. The summed E-state index contributed by atoms with van der Waals surface area (Å²) in [5, 5.41) is 6.45. The number of ether oxygens (including phenoxy) is 1. The van der Waals surface area contributed by atoms with Gasteiger partial charge in [0, 0.05) is 31.8 Å². The van der Waals surface area contributed by atoms with Gasteiger partial charge in [-0.3, -0.25) is 4.99 Å². The predicted octanol–water partition coefficient (Wildman–Crippen LogP) is 3.38. The molecule has 1 aromatic rings. The molecular weight excluding hydrogens is 489 g/mol. The Hall–Kier alpha value is -1.03. The number of benzene rings is 1. The van der Waals surface area contributed by atoms with Crippen LogP contribution in [0.2, 0.25) is 0 Å². The third kappa shape index (κ3) is 11.1. The Morgan fingerprint density at radius 1 is 1.25 bits per heavy atom. The average molecular weight is 525 g/mol. The van der Waals surface area contributed by atoms with Crippen LogP contribution in [-0.4, -0.2) is 52.1 Å². The first-order chi connectivity index (χ1) is 12.6. The topological polar surface area (TPSA) is 79.8 Å². The molecule has 0 aliphatic heterocycles. The van der Waals surface area contributed by atoms with Gasteiger partial charge in [-0.1, -0.05) is 6.07 Å². The van der Waals surface area contributed by atoms with Gasteiger partial charge in [-0.25, -0.2) is 8.42 Å². The first kappa shape index (κ1) is 27.0. The maximum Gasteiger partial charge on any atom is 0.191 e. The summed E-state index contributed by atoms with van der Waals surface area (Å²) in [4.78, 5) is 4.55. The number of rotatable bonds is 10. The van der Waals surface area contributed by atoms with Crippen LogP contribution in [0.1, 0.15) is 43.4 Å².